The molecule has 0 unspecified atom stereocenters. The molecule has 0 atom stereocenters. The molecule has 90 valence electrons. The highest BCUT2D eigenvalue weighted by molar-refractivity contribution is 7.16. The predicted molar refractivity (Wildman–Crippen MR) is 70.0 cm³/mol. The second-order valence-electron chi connectivity index (χ2n) is 4.53. The van der Waals surface area contributed by atoms with Crippen LogP contribution in [-0.4, -0.2) is 14.8 Å². The van der Waals surface area contributed by atoms with Crippen LogP contribution in [0.2, 0.25) is 0 Å². The van der Waals surface area contributed by atoms with E-state index in [1.807, 2.05) is 17.1 Å². The number of thiazole rings is 1. The van der Waals surface area contributed by atoms with Crippen molar-refractivity contribution in [1.29, 1.82) is 0 Å². The van der Waals surface area contributed by atoms with E-state index in [0.717, 1.165) is 29.2 Å². The van der Waals surface area contributed by atoms with E-state index in [1.165, 1.54) is 17.8 Å². The summed E-state index contributed by atoms with van der Waals surface area (Å²) in [5, 5.41) is 6.34. The van der Waals surface area contributed by atoms with Crippen molar-refractivity contribution in [3.05, 3.63) is 17.4 Å². The molecule has 4 nitrogen and oxygen atoms in total. The van der Waals surface area contributed by atoms with E-state index >= 15 is 0 Å². The molecule has 2 N–H and O–H groups in total. The van der Waals surface area contributed by atoms with E-state index in [-0.39, 0.29) is 0 Å². The van der Waals surface area contributed by atoms with Gasteiger partial charge in [0, 0.05) is 24.2 Å². The first-order valence-electron chi connectivity index (χ1n) is 6.07. The lowest BCUT2D eigenvalue weighted by Gasteiger charge is -1.95. The van der Waals surface area contributed by atoms with Crippen molar-refractivity contribution in [2.24, 2.45) is 0 Å². The zero-order chi connectivity index (χ0) is 11.8. The van der Waals surface area contributed by atoms with Crippen molar-refractivity contribution >= 4 is 16.3 Å². The van der Waals surface area contributed by atoms with Crippen molar-refractivity contribution < 1.29 is 0 Å². The second kappa shape index (κ2) is 4.14. The minimum atomic E-state index is 0.668. The number of nitrogens with two attached hydrogens (primary N) is 1. The van der Waals surface area contributed by atoms with Gasteiger partial charge in [-0.25, -0.2) is 4.98 Å². The molecule has 0 amide bonds. The Morgan fingerprint density at radius 2 is 2.35 bits per heavy atom. The van der Waals surface area contributed by atoms with Gasteiger partial charge in [-0.2, -0.15) is 5.10 Å². The van der Waals surface area contributed by atoms with Crippen LogP contribution >= 0.6 is 11.3 Å². The topological polar surface area (TPSA) is 56.7 Å². The predicted octanol–water partition coefficient (Wildman–Crippen LogP) is 2.88. The summed E-state index contributed by atoms with van der Waals surface area (Å²) >= 11 is 1.63. The summed E-state index contributed by atoms with van der Waals surface area (Å²) < 4.78 is 1.95. The first kappa shape index (κ1) is 10.8. The molecule has 0 aromatic carbocycles. The summed E-state index contributed by atoms with van der Waals surface area (Å²) in [6, 6.07) is 0. The normalized spacial score (nSPS) is 15.4. The molecule has 3 rings (SSSR count). The monoisotopic (exact) mass is 248 g/mol. The lowest BCUT2D eigenvalue weighted by atomic mass is 10.3. The largest absolute Gasteiger partial charge is 0.389 e. The van der Waals surface area contributed by atoms with Gasteiger partial charge >= 0.3 is 0 Å². The molecule has 17 heavy (non-hydrogen) atoms. The van der Waals surface area contributed by atoms with Gasteiger partial charge in [0.25, 0.3) is 0 Å². The highest BCUT2D eigenvalue weighted by Gasteiger charge is 2.28. The van der Waals surface area contributed by atoms with Crippen molar-refractivity contribution in [1.82, 2.24) is 14.8 Å². The number of aromatic nitrogens is 3. The van der Waals surface area contributed by atoms with Gasteiger partial charge in [-0.1, -0.05) is 6.92 Å². The third-order valence-electron chi connectivity index (χ3n) is 2.96. The van der Waals surface area contributed by atoms with Crippen molar-refractivity contribution in [2.75, 3.05) is 5.73 Å². The smallest absolute Gasteiger partial charge is 0.114 e. The van der Waals surface area contributed by atoms with Crippen LogP contribution in [0.1, 0.15) is 37.1 Å². The van der Waals surface area contributed by atoms with Crippen molar-refractivity contribution in [3.63, 3.8) is 0 Å². The van der Waals surface area contributed by atoms with E-state index in [4.69, 9.17) is 5.73 Å². The zero-order valence-corrected chi connectivity index (χ0v) is 10.7. The van der Waals surface area contributed by atoms with Gasteiger partial charge in [0.1, 0.15) is 10.7 Å². The molecule has 0 radical (unpaired) electrons. The van der Waals surface area contributed by atoms with E-state index in [2.05, 4.69) is 17.0 Å². The molecule has 0 aliphatic heterocycles. The first-order chi connectivity index (χ1) is 8.28. The van der Waals surface area contributed by atoms with Gasteiger partial charge in [0.2, 0.25) is 0 Å². The maximum absolute atomic E-state index is 6.04. The van der Waals surface area contributed by atoms with Crippen molar-refractivity contribution in [3.8, 4) is 11.3 Å². The number of nitrogens with zero attached hydrogens (tertiary/aromatic N) is 3. The quantitative estimate of drug-likeness (QED) is 0.905. The number of aryl methyl sites for hydroxylation is 1. The number of nitrogen functional groups attached to an aromatic ring is 1. The third-order valence-corrected chi connectivity index (χ3v) is 4.00. The molecule has 0 spiro atoms. The molecule has 2 aromatic rings. The van der Waals surface area contributed by atoms with Gasteiger partial charge < -0.3 is 5.73 Å². The van der Waals surface area contributed by atoms with Gasteiger partial charge in [-0.15, -0.1) is 11.3 Å². The maximum atomic E-state index is 6.04. The minimum Gasteiger partial charge on any atom is -0.389 e. The van der Waals surface area contributed by atoms with Crippen LogP contribution in [0.25, 0.3) is 11.3 Å². The third kappa shape index (κ3) is 2.07. The van der Waals surface area contributed by atoms with E-state index < -0.39 is 0 Å². The molecular formula is C12H16N4S. The van der Waals surface area contributed by atoms with Gasteiger partial charge in [-0.3, -0.25) is 4.68 Å². The van der Waals surface area contributed by atoms with Crippen LogP contribution < -0.4 is 5.73 Å². The molecule has 2 heterocycles. The molecule has 1 saturated carbocycles. The average Bonchev–Trinajstić information content (AvgIpc) is 2.94. The summed E-state index contributed by atoms with van der Waals surface area (Å²) in [5.74, 6) is 0.668. The van der Waals surface area contributed by atoms with Crippen LogP contribution in [-0.2, 0) is 6.54 Å². The number of rotatable bonds is 4. The SMILES string of the molecule is CCCn1cc(-c2nc(C3CC3)sc2N)cn1. The van der Waals surface area contributed by atoms with Crippen LogP contribution in [0.15, 0.2) is 12.4 Å². The Hall–Kier alpha value is -1.36. The molecule has 1 aliphatic carbocycles. The summed E-state index contributed by atoms with van der Waals surface area (Å²) in [7, 11) is 0. The summed E-state index contributed by atoms with van der Waals surface area (Å²) in [5.41, 5.74) is 8.00. The molecule has 2 aromatic heterocycles. The highest BCUT2D eigenvalue weighted by Crippen LogP contribution is 2.44. The molecular weight excluding hydrogens is 232 g/mol. The van der Waals surface area contributed by atoms with Gasteiger partial charge in [0.05, 0.1) is 11.2 Å². The fourth-order valence-corrected chi connectivity index (χ4v) is 2.92. The molecule has 0 saturated heterocycles. The maximum Gasteiger partial charge on any atom is 0.114 e. The van der Waals surface area contributed by atoms with E-state index in [0.29, 0.717) is 5.92 Å². The molecule has 0 bridgehead atoms. The van der Waals surface area contributed by atoms with E-state index in [1.54, 1.807) is 11.3 Å². The van der Waals surface area contributed by atoms with Crippen LogP contribution in [0.3, 0.4) is 0 Å². The Balaban J connectivity index is 1.90. The highest BCUT2D eigenvalue weighted by atomic mass is 32.1. The Morgan fingerprint density at radius 3 is 3.06 bits per heavy atom. The summed E-state index contributed by atoms with van der Waals surface area (Å²) in [4.78, 5) is 4.66. The fraction of sp³-hybridized carbons (Fsp3) is 0.500. The first-order valence-corrected chi connectivity index (χ1v) is 6.88. The Labute approximate surface area is 104 Å². The van der Waals surface area contributed by atoms with Gasteiger partial charge in [-0.05, 0) is 19.3 Å². The fourth-order valence-electron chi connectivity index (χ4n) is 1.90. The Morgan fingerprint density at radius 1 is 1.53 bits per heavy atom. The van der Waals surface area contributed by atoms with Gasteiger partial charge in [0.15, 0.2) is 0 Å². The average molecular weight is 248 g/mol. The Bertz CT molecular complexity index is 524. The summed E-state index contributed by atoms with van der Waals surface area (Å²) in [6.07, 6.45) is 7.51. The number of hydrogen-bond acceptors (Lipinski definition) is 4. The standard InChI is InChI=1S/C12H16N4S/c1-2-5-16-7-9(6-14-16)10-11(13)17-12(15-10)8-3-4-8/h6-8H,2-5,13H2,1H3. The molecule has 1 fully saturated rings. The second-order valence-corrected chi connectivity index (χ2v) is 5.59. The lowest BCUT2D eigenvalue weighted by molar-refractivity contribution is 0.603. The van der Waals surface area contributed by atoms with Crippen LogP contribution in [0.4, 0.5) is 5.00 Å². The zero-order valence-electron chi connectivity index (χ0n) is 9.89. The summed E-state index contributed by atoms with van der Waals surface area (Å²) in [6.45, 7) is 3.09. The molecule has 5 heteroatoms. The van der Waals surface area contributed by atoms with Crippen LogP contribution in [0, 0.1) is 0 Å². The number of hydrogen-bond donors (Lipinski definition) is 1. The number of anilines is 1. The minimum absolute atomic E-state index is 0.668. The Kier molecular flexibility index (Phi) is 2.63. The lowest BCUT2D eigenvalue weighted by Crippen LogP contribution is -1.95. The van der Waals surface area contributed by atoms with Crippen LogP contribution in [0.5, 0.6) is 0 Å². The van der Waals surface area contributed by atoms with Crippen molar-refractivity contribution in [2.45, 2.75) is 38.6 Å². The molecule has 1 aliphatic rings. The van der Waals surface area contributed by atoms with E-state index in [9.17, 15) is 0 Å².